The number of hydrogen-bond acceptors (Lipinski definition) is 3. The Morgan fingerprint density at radius 1 is 1.24 bits per heavy atom. The Kier molecular flexibility index (Phi) is 3.14. The lowest BCUT2D eigenvalue weighted by Gasteiger charge is -2.07. The average Bonchev–Trinajstić information content (AvgIpc) is 2.71. The average molecular weight is 238 g/mol. The van der Waals surface area contributed by atoms with Gasteiger partial charge < -0.3 is 10.3 Å². The van der Waals surface area contributed by atoms with Crippen molar-refractivity contribution >= 4 is 0 Å². The molecule has 0 bridgehead atoms. The van der Waals surface area contributed by atoms with Gasteiger partial charge in [0, 0.05) is 6.54 Å². The number of benzene rings is 1. The van der Waals surface area contributed by atoms with Gasteiger partial charge in [-0.15, -0.1) is 10.2 Å². The van der Waals surface area contributed by atoms with Crippen molar-refractivity contribution in [3.8, 4) is 11.4 Å². The number of aromatic nitrogens is 3. The van der Waals surface area contributed by atoms with Crippen molar-refractivity contribution in [3.05, 3.63) is 35.7 Å². The summed E-state index contributed by atoms with van der Waals surface area (Å²) in [7, 11) is 0. The summed E-state index contributed by atoms with van der Waals surface area (Å²) in [5.74, 6) is -0.639. The number of rotatable bonds is 3. The first-order valence-electron chi connectivity index (χ1n) is 5.25. The molecule has 0 fully saturated rings. The number of nitrogens with zero attached hydrogens (tertiary/aromatic N) is 3. The monoisotopic (exact) mass is 238 g/mol. The van der Waals surface area contributed by atoms with Crippen LogP contribution in [0.3, 0.4) is 0 Å². The highest BCUT2D eigenvalue weighted by atomic mass is 19.1. The van der Waals surface area contributed by atoms with E-state index in [1.54, 1.807) is 4.57 Å². The van der Waals surface area contributed by atoms with Gasteiger partial charge >= 0.3 is 0 Å². The summed E-state index contributed by atoms with van der Waals surface area (Å²) >= 11 is 0. The van der Waals surface area contributed by atoms with Crippen molar-refractivity contribution < 1.29 is 8.78 Å². The van der Waals surface area contributed by atoms with Crippen molar-refractivity contribution in [2.45, 2.75) is 20.0 Å². The molecule has 2 N–H and O–H groups in total. The molecule has 0 aliphatic rings. The van der Waals surface area contributed by atoms with Crippen molar-refractivity contribution in [1.29, 1.82) is 0 Å². The van der Waals surface area contributed by atoms with Crippen LogP contribution in [0.1, 0.15) is 12.7 Å². The van der Waals surface area contributed by atoms with E-state index in [2.05, 4.69) is 10.2 Å². The largest absolute Gasteiger partial charge is 0.324 e. The summed E-state index contributed by atoms with van der Waals surface area (Å²) in [4.78, 5) is 0. The van der Waals surface area contributed by atoms with Gasteiger partial charge in [0.05, 0.1) is 12.1 Å². The Morgan fingerprint density at radius 3 is 2.41 bits per heavy atom. The highest BCUT2D eigenvalue weighted by Crippen LogP contribution is 2.24. The lowest BCUT2D eigenvalue weighted by atomic mass is 10.2. The van der Waals surface area contributed by atoms with E-state index in [0.717, 1.165) is 0 Å². The van der Waals surface area contributed by atoms with Gasteiger partial charge in [-0.1, -0.05) is 6.07 Å². The zero-order valence-corrected chi connectivity index (χ0v) is 9.32. The third-order valence-electron chi connectivity index (χ3n) is 2.51. The zero-order chi connectivity index (χ0) is 12.4. The fourth-order valence-corrected chi connectivity index (χ4v) is 1.71. The zero-order valence-electron chi connectivity index (χ0n) is 9.32. The van der Waals surface area contributed by atoms with Crippen molar-refractivity contribution in [1.82, 2.24) is 14.8 Å². The number of nitrogens with two attached hydrogens (primary N) is 1. The maximum absolute atomic E-state index is 13.6. The summed E-state index contributed by atoms with van der Waals surface area (Å²) in [6.07, 6.45) is 0. The normalized spacial score (nSPS) is 10.8. The lowest BCUT2D eigenvalue weighted by Crippen LogP contribution is -2.09. The Bertz CT molecular complexity index is 516. The molecule has 0 amide bonds. The van der Waals surface area contributed by atoms with Crippen LogP contribution < -0.4 is 5.73 Å². The van der Waals surface area contributed by atoms with E-state index in [1.807, 2.05) is 6.92 Å². The van der Waals surface area contributed by atoms with Gasteiger partial charge in [0.15, 0.2) is 5.82 Å². The second-order valence-electron chi connectivity index (χ2n) is 3.48. The summed E-state index contributed by atoms with van der Waals surface area (Å²) < 4.78 is 28.8. The molecule has 90 valence electrons. The first-order chi connectivity index (χ1) is 8.19. The second-order valence-corrected chi connectivity index (χ2v) is 3.48. The van der Waals surface area contributed by atoms with Crippen LogP contribution in [0, 0.1) is 11.6 Å². The van der Waals surface area contributed by atoms with E-state index in [9.17, 15) is 8.78 Å². The minimum absolute atomic E-state index is 0.165. The molecule has 0 atom stereocenters. The fourth-order valence-electron chi connectivity index (χ4n) is 1.71. The molecule has 0 unspecified atom stereocenters. The molecule has 0 saturated heterocycles. The smallest absolute Gasteiger partial charge is 0.169 e. The quantitative estimate of drug-likeness (QED) is 0.885. The summed E-state index contributed by atoms with van der Waals surface area (Å²) in [5.41, 5.74) is 5.32. The maximum atomic E-state index is 13.6. The summed E-state index contributed by atoms with van der Waals surface area (Å²) in [5, 5.41) is 7.62. The van der Waals surface area contributed by atoms with Gasteiger partial charge in [-0.2, -0.15) is 0 Å². The molecule has 2 rings (SSSR count). The Labute approximate surface area is 97.1 Å². The topological polar surface area (TPSA) is 56.7 Å². The van der Waals surface area contributed by atoms with E-state index < -0.39 is 11.6 Å². The SMILES string of the molecule is CCn1c(CN)nnc1-c1c(F)cccc1F. The van der Waals surface area contributed by atoms with Crippen molar-refractivity contribution in [3.63, 3.8) is 0 Å². The molecule has 1 aromatic heterocycles. The minimum atomic E-state index is -0.657. The molecule has 0 saturated carbocycles. The first kappa shape index (κ1) is 11.7. The van der Waals surface area contributed by atoms with Gasteiger partial charge in [-0.25, -0.2) is 8.78 Å². The number of halogens is 2. The van der Waals surface area contributed by atoms with Crippen LogP contribution in [0.15, 0.2) is 18.2 Å². The Hall–Kier alpha value is -1.82. The third kappa shape index (κ3) is 1.91. The highest BCUT2D eigenvalue weighted by Gasteiger charge is 2.18. The standard InChI is InChI=1S/C11H12F2N4/c1-2-17-9(6-14)15-16-11(17)10-7(12)4-3-5-8(10)13/h3-5H,2,6,14H2,1H3. The van der Waals surface area contributed by atoms with E-state index in [-0.39, 0.29) is 17.9 Å². The number of hydrogen-bond donors (Lipinski definition) is 1. The third-order valence-corrected chi connectivity index (χ3v) is 2.51. The molecule has 4 nitrogen and oxygen atoms in total. The molecular weight excluding hydrogens is 226 g/mol. The van der Waals surface area contributed by atoms with Crippen molar-refractivity contribution in [2.24, 2.45) is 5.73 Å². The summed E-state index contributed by atoms with van der Waals surface area (Å²) in [6.45, 7) is 2.52. The van der Waals surface area contributed by atoms with Crippen LogP contribution in [0.25, 0.3) is 11.4 Å². The molecule has 17 heavy (non-hydrogen) atoms. The molecule has 0 aliphatic heterocycles. The molecule has 2 aromatic rings. The minimum Gasteiger partial charge on any atom is -0.324 e. The van der Waals surface area contributed by atoms with Gasteiger partial charge in [0.2, 0.25) is 0 Å². The van der Waals surface area contributed by atoms with Crippen LogP contribution in [-0.2, 0) is 13.1 Å². The molecule has 0 radical (unpaired) electrons. The van der Waals surface area contributed by atoms with E-state index in [4.69, 9.17) is 5.73 Å². The van der Waals surface area contributed by atoms with Crippen LogP contribution in [0.2, 0.25) is 0 Å². The van der Waals surface area contributed by atoms with Gasteiger partial charge in [-0.3, -0.25) is 0 Å². The van der Waals surface area contributed by atoms with E-state index in [1.165, 1.54) is 18.2 Å². The van der Waals surface area contributed by atoms with E-state index in [0.29, 0.717) is 12.4 Å². The fraction of sp³-hybridized carbons (Fsp3) is 0.273. The van der Waals surface area contributed by atoms with Crippen molar-refractivity contribution in [2.75, 3.05) is 0 Å². The molecule has 1 aromatic carbocycles. The first-order valence-corrected chi connectivity index (χ1v) is 5.25. The highest BCUT2D eigenvalue weighted by molar-refractivity contribution is 5.57. The van der Waals surface area contributed by atoms with Crippen LogP contribution in [0.4, 0.5) is 8.78 Å². The molecule has 1 heterocycles. The summed E-state index contributed by atoms with van der Waals surface area (Å²) in [6, 6.07) is 3.69. The van der Waals surface area contributed by atoms with E-state index >= 15 is 0 Å². The second kappa shape index (κ2) is 4.58. The van der Waals surface area contributed by atoms with Gasteiger partial charge in [0.1, 0.15) is 17.5 Å². The molecule has 6 heteroatoms. The van der Waals surface area contributed by atoms with Gasteiger partial charge in [-0.05, 0) is 19.1 Å². The Balaban J connectivity index is 2.64. The lowest BCUT2D eigenvalue weighted by molar-refractivity contribution is 0.583. The van der Waals surface area contributed by atoms with Gasteiger partial charge in [0.25, 0.3) is 0 Å². The molecule has 0 spiro atoms. The maximum Gasteiger partial charge on any atom is 0.169 e. The van der Waals surface area contributed by atoms with Crippen LogP contribution >= 0.6 is 0 Å². The van der Waals surface area contributed by atoms with Crippen LogP contribution in [0.5, 0.6) is 0 Å². The Morgan fingerprint density at radius 2 is 1.88 bits per heavy atom. The van der Waals surface area contributed by atoms with Crippen LogP contribution in [-0.4, -0.2) is 14.8 Å². The molecular formula is C11H12F2N4. The predicted octanol–water partition coefficient (Wildman–Crippen LogP) is 1.70. The molecule has 0 aliphatic carbocycles. The predicted molar refractivity (Wildman–Crippen MR) is 58.9 cm³/mol.